The number of benzene rings is 1. The number of rotatable bonds is 2. The average Bonchev–Trinajstić information content (AvgIpc) is 2.57. The maximum Gasteiger partial charge on any atom is 0.338 e. The van der Waals surface area contributed by atoms with E-state index in [0.717, 1.165) is 5.39 Å². The Morgan fingerprint density at radius 2 is 2.27 bits per heavy atom. The largest absolute Gasteiger partial charge is 0.462 e. The van der Waals surface area contributed by atoms with E-state index >= 15 is 0 Å². The lowest BCUT2D eigenvalue weighted by Gasteiger charge is -2.00. The van der Waals surface area contributed by atoms with Crippen LogP contribution in [0.1, 0.15) is 17.3 Å². The highest BCUT2D eigenvalue weighted by atomic mass is 16.5. The van der Waals surface area contributed by atoms with Gasteiger partial charge in [-0.05, 0) is 25.1 Å². The van der Waals surface area contributed by atoms with E-state index in [-0.39, 0.29) is 5.97 Å². The Hall–Kier alpha value is -1.97. The van der Waals surface area contributed by atoms with Crippen LogP contribution in [-0.4, -0.2) is 12.6 Å². The summed E-state index contributed by atoms with van der Waals surface area (Å²) in [5, 5.41) is 0.804. The molecule has 0 aliphatic heterocycles. The molecule has 78 valence electrons. The van der Waals surface area contributed by atoms with E-state index in [1.54, 1.807) is 31.2 Å². The van der Waals surface area contributed by atoms with Gasteiger partial charge in [-0.1, -0.05) is 0 Å². The summed E-state index contributed by atoms with van der Waals surface area (Å²) in [4.78, 5) is 11.4. The number of nitrogen functional groups attached to an aromatic ring is 1. The van der Waals surface area contributed by atoms with E-state index in [4.69, 9.17) is 14.9 Å². The van der Waals surface area contributed by atoms with Gasteiger partial charge in [0.05, 0.1) is 12.2 Å². The molecular weight excluding hydrogens is 194 g/mol. The molecule has 0 atom stereocenters. The van der Waals surface area contributed by atoms with Crippen LogP contribution in [0.4, 0.5) is 5.88 Å². The minimum Gasteiger partial charge on any atom is -0.462 e. The third-order valence-electron chi connectivity index (χ3n) is 2.05. The highest BCUT2D eigenvalue weighted by Gasteiger charge is 2.08. The molecule has 0 aliphatic rings. The number of furan rings is 1. The number of hydrogen-bond donors (Lipinski definition) is 1. The van der Waals surface area contributed by atoms with Crippen molar-refractivity contribution in [3.05, 3.63) is 29.8 Å². The van der Waals surface area contributed by atoms with Crippen LogP contribution < -0.4 is 5.73 Å². The van der Waals surface area contributed by atoms with E-state index in [1.165, 1.54) is 0 Å². The maximum absolute atomic E-state index is 11.4. The first-order chi connectivity index (χ1) is 7.20. The summed E-state index contributed by atoms with van der Waals surface area (Å²) in [7, 11) is 0. The second kappa shape index (κ2) is 3.65. The molecule has 4 nitrogen and oxygen atoms in total. The first-order valence-electron chi connectivity index (χ1n) is 4.67. The number of hydrogen-bond acceptors (Lipinski definition) is 4. The summed E-state index contributed by atoms with van der Waals surface area (Å²) in [6, 6.07) is 6.74. The van der Waals surface area contributed by atoms with Crippen LogP contribution in [0.3, 0.4) is 0 Å². The molecular formula is C11H11NO3. The summed E-state index contributed by atoms with van der Waals surface area (Å²) >= 11 is 0. The van der Waals surface area contributed by atoms with Gasteiger partial charge in [-0.25, -0.2) is 4.79 Å². The van der Waals surface area contributed by atoms with Crippen molar-refractivity contribution in [2.24, 2.45) is 0 Å². The van der Waals surface area contributed by atoms with Crippen molar-refractivity contribution in [1.82, 2.24) is 0 Å². The minimum absolute atomic E-state index is 0.334. The number of ether oxygens (including phenoxy) is 1. The van der Waals surface area contributed by atoms with Gasteiger partial charge >= 0.3 is 5.97 Å². The standard InChI is InChI=1S/C11H11NO3/c1-2-14-11(13)7-3-4-9-8(5-7)6-10(12)15-9/h3-6H,2,12H2,1H3. The van der Waals surface area contributed by atoms with E-state index in [2.05, 4.69) is 0 Å². The SMILES string of the molecule is CCOC(=O)c1ccc2oc(N)cc2c1. The van der Waals surface area contributed by atoms with Crippen molar-refractivity contribution in [3.8, 4) is 0 Å². The lowest BCUT2D eigenvalue weighted by molar-refractivity contribution is 0.0526. The summed E-state index contributed by atoms with van der Waals surface area (Å²) in [5.41, 5.74) is 6.66. The van der Waals surface area contributed by atoms with Crippen LogP contribution in [0.15, 0.2) is 28.7 Å². The zero-order chi connectivity index (χ0) is 10.8. The van der Waals surface area contributed by atoms with Gasteiger partial charge in [-0.2, -0.15) is 0 Å². The number of carbonyl (C=O) groups is 1. The number of nitrogens with two attached hydrogens (primary N) is 1. The van der Waals surface area contributed by atoms with Crippen LogP contribution in [0.25, 0.3) is 11.0 Å². The Kier molecular flexibility index (Phi) is 2.33. The van der Waals surface area contributed by atoms with E-state index < -0.39 is 0 Å². The molecule has 1 heterocycles. The third kappa shape index (κ3) is 1.79. The highest BCUT2D eigenvalue weighted by Crippen LogP contribution is 2.22. The Balaban J connectivity index is 2.41. The van der Waals surface area contributed by atoms with Crippen molar-refractivity contribution in [3.63, 3.8) is 0 Å². The maximum atomic E-state index is 11.4. The summed E-state index contributed by atoms with van der Waals surface area (Å²) in [5.74, 6) is 0.00480. The molecule has 0 saturated carbocycles. The number of carbonyl (C=O) groups excluding carboxylic acids is 1. The van der Waals surface area contributed by atoms with Crippen LogP contribution >= 0.6 is 0 Å². The first kappa shape index (κ1) is 9.58. The molecule has 4 heteroatoms. The van der Waals surface area contributed by atoms with Crippen molar-refractivity contribution in [2.75, 3.05) is 12.3 Å². The van der Waals surface area contributed by atoms with E-state index in [0.29, 0.717) is 23.6 Å². The highest BCUT2D eigenvalue weighted by molar-refractivity contribution is 5.94. The van der Waals surface area contributed by atoms with Crippen molar-refractivity contribution >= 4 is 22.8 Å². The molecule has 0 aliphatic carbocycles. The molecule has 0 bridgehead atoms. The summed E-state index contributed by atoms with van der Waals surface area (Å²) in [6.45, 7) is 2.14. The van der Waals surface area contributed by atoms with Gasteiger partial charge in [-0.15, -0.1) is 0 Å². The van der Waals surface area contributed by atoms with Crippen molar-refractivity contribution in [1.29, 1.82) is 0 Å². The molecule has 0 fully saturated rings. The fourth-order valence-electron chi connectivity index (χ4n) is 1.41. The first-order valence-corrected chi connectivity index (χ1v) is 4.67. The second-order valence-electron chi connectivity index (χ2n) is 3.12. The Bertz CT molecular complexity index is 502. The van der Waals surface area contributed by atoms with Crippen LogP contribution in [0.5, 0.6) is 0 Å². The second-order valence-corrected chi connectivity index (χ2v) is 3.12. The van der Waals surface area contributed by atoms with Gasteiger partial charge < -0.3 is 14.9 Å². The van der Waals surface area contributed by atoms with Gasteiger partial charge in [0.1, 0.15) is 5.58 Å². The molecule has 0 radical (unpaired) electrons. The van der Waals surface area contributed by atoms with E-state index in [9.17, 15) is 4.79 Å². The monoisotopic (exact) mass is 205 g/mol. The zero-order valence-corrected chi connectivity index (χ0v) is 8.32. The average molecular weight is 205 g/mol. The predicted octanol–water partition coefficient (Wildman–Crippen LogP) is 2.19. The molecule has 2 aromatic rings. The quantitative estimate of drug-likeness (QED) is 0.763. The minimum atomic E-state index is -0.334. The lowest BCUT2D eigenvalue weighted by atomic mass is 10.1. The van der Waals surface area contributed by atoms with Crippen molar-refractivity contribution < 1.29 is 13.9 Å². The van der Waals surface area contributed by atoms with Gasteiger partial charge in [-0.3, -0.25) is 0 Å². The number of fused-ring (bicyclic) bond motifs is 1. The van der Waals surface area contributed by atoms with Gasteiger partial charge in [0.15, 0.2) is 5.88 Å². The molecule has 0 amide bonds. The van der Waals surface area contributed by atoms with Crippen LogP contribution in [0, 0.1) is 0 Å². The topological polar surface area (TPSA) is 65.5 Å². The van der Waals surface area contributed by atoms with Gasteiger partial charge in [0.25, 0.3) is 0 Å². The normalized spacial score (nSPS) is 10.5. The molecule has 15 heavy (non-hydrogen) atoms. The molecule has 2 N–H and O–H groups in total. The fourth-order valence-corrected chi connectivity index (χ4v) is 1.41. The predicted molar refractivity (Wildman–Crippen MR) is 56.6 cm³/mol. The third-order valence-corrected chi connectivity index (χ3v) is 2.05. The Morgan fingerprint density at radius 1 is 1.47 bits per heavy atom. The Labute approximate surface area is 86.6 Å². The summed E-state index contributed by atoms with van der Waals surface area (Å²) < 4.78 is 10.1. The number of anilines is 1. The van der Waals surface area contributed by atoms with Crippen molar-refractivity contribution in [2.45, 2.75) is 6.92 Å². The molecule has 1 aromatic heterocycles. The van der Waals surface area contributed by atoms with Crippen LogP contribution in [0.2, 0.25) is 0 Å². The zero-order valence-electron chi connectivity index (χ0n) is 8.32. The molecule has 0 unspecified atom stereocenters. The summed E-state index contributed by atoms with van der Waals surface area (Å²) in [6.07, 6.45) is 0. The van der Waals surface area contributed by atoms with E-state index in [1.807, 2.05) is 0 Å². The molecule has 2 rings (SSSR count). The smallest absolute Gasteiger partial charge is 0.338 e. The lowest BCUT2D eigenvalue weighted by Crippen LogP contribution is -2.03. The fraction of sp³-hybridized carbons (Fsp3) is 0.182. The van der Waals surface area contributed by atoms with Gasteiger partial charge in [0.2, 0.25) is 0 Å². The molecule has 1 aromatic carbocycles. The number of esters is 1. The Morgan fingerprint density at radius 3 is 3.00 bits per heavy atom. The molecule has 0 spiro atoms. The van der Waals surface area contributed by atoms with Crippen LogP contribution in [-0.2, 0) is 4.74 Å². The van der Waals surface area contributed by atoms with Gasteiger partial charge in [0, 0.05) is 11.5 Å². The molecule has 0 saturated heterocycles.